The van der Waals surface area contributed by atoms with Crippen molar-refractivity contribution in [2.75, 3.05) is 26.2 Å². The van der Waals surface area contributed by atoms with Gasteiger partial charge in [0.1, 0.15) is 0 Å². The molecule has 1 atom stereocenters. The molecule has 0 spiro atoms. The Morgan fingerprint density at radius 3 is 2.50 bits per heavy atom. The summed E-state index contributed by atoms with van der Waals surface area (Å²) >= 11 is 0. The number of benzene rings is 1. The molecule has 1 rings (SSSR count). The van der Waals surface area contributed by atoms with Crippen LogP contribution in [0.15, 0.2) is 30.3 Å². The van der Waals surface area contributed by atoms with Gasteiger partial charge < -0.3 is 10.0 Å². The third-order valence-electron chi connectivity index (χ3n) is 2.99. The minimum absolute atomic E-state index is 0.0366. The minimum atomic E-state index is -0.0366. The van der Waals surface area contributed by atoms with Crippen molar-refractivity contribution in [1.82, 2.24) is 4.90 Å². The van der Waals surface area contributed by atoms with Crippen molar-refractivity contribution in [1.29, 1.82) is 0 Å². The number of aliphatic hydroxyl groups excluding tert-OH is 1. The van der Waals surface area contributed by atoms with Crippen molar-refractivity contribution >= 4 is 5.78 Å². The van der Waals surface area contributed by atoms with Crippen molar-refractivity contribution in [2.45, 2.75) is 20.3 Å². The largest absolute Gasteiger partial charge is 0.395 e. The highest BCUT2D eigenvalue weighted by molar-refractivity contribution is 5.97. The molecule has 1 unspecified atom stereocenters. The SMILES string of the molecule is CCCN(CCO)CC(C)C(=O)c1ccccc1. The van der Waals surface area contributed by atoms with Crippen LogP contribution in [-0.2, 0) is 0 Å². The molecular formula is C15H23NO2. The van der Waals surface area contributed by atoms with Crippen LogP contribution in [0.1, 0.15) is 30.6 Å². The molecule has 0 heterocycles. The number of Topliss-reactive ketones (excluding diaryl/α,β-unsaturated/α-hetero) is 1. The molecule has 0 bridgehead atoms. The minimum Gasteiger partial charge on any atom is -0.395 e. The molecule has 0 saturated carbocycles. The van der Waals surface area contributed by atoms with Gasteiger partial charge in [0.25, 0.3) is 0 Å². The summed E-state index contributed by atoms with van der Waals surface area (Å²) in [6.07, 6.45) is 1.03. The topological polar surface area (TPSA) is 40.5 Å². The Kier molecular flexibility index (Phi) is 6.61. The standard InChI is InChI=1S/C15H23NO2/c1-3-9-16(10-11-17)12-13(2)15(18)14-7-5-4-6-8-14/h4-8,13,17H,3,9-12H2,1-2H3. The quantitative estimate of drug-likeness (QED) is 0.718. The summed E-state index contributed by atoms with van der Waals surface area (Å²) in [6.45, 7) is 6.48. The van der Waals surface area contributed by atoms with E-state index in [1.165, 1.54) is 0 Å². The second kappa shape index (κ2) is 8.01. The summed E-state index contributed by atoms with van der Waals surface area (Å²) in [5, 5.41) is 9.01. The molecule has 0 aliphatic rings. The van der Waals surface area contributed by atoms with Crippen LogP contribution < -0.4 is 0 Å². The zero-order valence-corrected chi connectivity index (χ0v) is 11.3. The van der Waals surface area contributed by atoms with Crippen LogP contribution in [0.4, 0.5) is 0 Å². The summed E-state index contributed by atoms with van der Waals surface area (Å²) in [5.74, 6) is 0.139. The summed E-state index contributed by atoms with van der Waals surface area (Å²) in [7, 11) is 0. The van der Waals surface area contributed by atoms with Gasteiger partial charge in [-0.15, -0.1) is 0 Å². The Morgan fingerprint density at radius 1 is 1.28 bits per heavy atom. The normalized spacial score (nSPS) is 12.7. The van der Waals surface area contributed by atoms with E-state index in [0.29, 0.717) is 13.1 Å². The van der Waals surface area contributed by atoms with E-state index >= 15 is 0 Å². The zero-order chi connectivity index (χ0) is 13.4. The molecule has 0 radical (unpaired) electrons. The molecule has 0 aromatic heterocycles. The average molecular weight is 249 g/mol. The molecular weight excluding hydrogens is 226 g/mol. The fourth-order valence-corrected chi connectivity index (χ4v) is 2.11. The predicted molar refractivity (Wildman–Crippen MR) is 73.8 cm³/mol. The summed E-state index contributed by atoms with van der Waals surface area (Å²) in [4.78, 5) is 14.3. The van der Waals surface area contributed by atoms with Gasteiger partial charge in [-0.3, -0.25) is 4.79 Å². The summed E-state index contributed by atoms with van der Waals surface area (Å²) in [6, 6.07) is 9.40. The lowest BCUT2D eigenvalue weighted by Crippen LogP contribution is -2.34. The smallest absolute Gasteiger partial charge is 0.166 e. The van der Waals surface area contributed by atoms with Crippen LogP contribution >= 0.6 is 0 Å². The highest BCUT2D eigenvalue weighted by Crippen LogP contribution is 2.10. The second-order valence-electron chi connectivity index (χ2n) is 4.66. The molecule has 3 heteroatoms. The third-order valence-corrected chi connectivity index (χ3v) is 2.99. The second-order valence-corrected chi connectivity index (χ2v) is 4.66. The van der Waals surface area contributed by atoms with Crippen molar-refractivity contribution < 1.29 is 9.90 Å². The maximum Gasteiger partial charge on any atom is 0.166 e. The van der Waals surface area contributed by atoms with Crippen LogP contribution in [-0.4, -0.2) is 42.0 Å². The van der Waals surface area contributed by atoms with Crippen molar-refractivity contribution in [3.05, 3.63) is 35.9 Å². The van der Waals surface area contributed by atoms with Gasteiger partial charge in [0, 0.05) is 24.6 Å². The Labute approximate surface area is 109 Å². The Bertz CT molecular complexity index is 345. The van der Waals surface area contributed by atoms with Gasteiger partial charge in [0.05, 0.1) is 6.61 Å². The van der Waals surface area contributed by atoms with Gasteiger partial charge in [0.15, 0.2) is 5.78 Å². The number of nitrogens with zero attached hydrogens (tertiary/aromatic N) is 1. The molecule has 18 heavy (non-hydrogen) atoms. The van der Waals surface area contributed by atoms with Crippen molar-refractivity contribution in [3.63, 3.8) is 0 Å². The lowest BCUT2D eigenvalue weighted by atomic mass is 9.99. The lowest BCUT2D eigenvalue weighted by molar-refractivity contribution is 0.0881. The molecule has 1 N–H and O–H groups in total. The first-order chi connectivity index (χ1) is 8.69. The zero-order valence-electron chi connectivity index (χ0n) is 11.3. The molecule has 0 saturated heterocycles. The lowest BCUT2D eigenvalue weighted by Gasteiger charge is -2.23. The van der Waals surface area contributed by atoms with E-state index < -0.39 is 0 Å². The number of carbonyl (C=O) groups excluding carboxylic acids is 1. The number of carbonyl (C=O) groups is 1. The van der Waals surface area contributed by atoms with E-state index in [1.54, 1.807) is 0 Å². The molecule has 3 nitrogen and oxygen atoms in total. The van der Waals surface area contributed by atoms with E-state index in [4.69, 9.17) is 5.11 Å². The van der Waals surface area contributed by atoms with Gasteiger partial charge in [-0.2, -0.15) is 0 Å². The first kappa shape index (κ1) is 14.9. The molecule has 0 aliphatic heterocycles. The first-order valence-electron chi connectivity index (χ1n) is 6.61. The fourth-order valence-electron chi connectivity index (χ4n) is 2.11. The van der Waals surface area contributed by atoms with E-state index in [-0.39, 0.29) is 18.3 Å². The third kappa shape index (κ3) is 4.59. The number of ketones is 1. The van der Waals surface area contributed by atoms with Gasteiger partial charge in [0.2, 0.25) is 0 Å². The van der Waals surface area contributed by atoms with Crippen LogP contribution in [0, 0.1) is 5.92 Å². The number of rotatable bonds is 8. The van der Waals surface area contributed by atoms with E-state index in [1.807, 2.05) is 37.3 Å². The average Bonchev–Trinajstić information content (AvgIpc) is 2.39. The van der Waals surface area contributed by atoms with E-state index in [0.717, 1.165) is 18.5 Å². The van der Waals surface area contributed by atoms with Gasteiger partial charge >= 0.3 is 0 Å². The molecule has 1 aromatic rings. The van der Waals surface area contributed by atoms with Gasteiger partial charge in [-0.1, -0.05) is 44.2 Å². The fraction of sp³-hybridized carbons (Fsp3) is 0.533. The van der Waals surface area contributed by atoms with Gasteiger partial charge in [-0.25, -0.2) is 0 Å². The van der Waals surface area contributed by atoms with Crippen LogP contribution in [0.2, 0.25) is 0 Å². The molecule has 1 aromatic carbocycles. The van der Waals surface area contributed by atoms with Crippen LogP contribution in [0.3, 0.4) is 0 Å². The Hall–Kier alpha value is -1.19. The maximum absolute atomic E-state index is 12.2. The Morgan fingerprint density at radius 2 is 1.94 bits per heavy atom. The van der Waals surface area contributed by atoms with Gasteiger partial charge in [-0.05, 0) is 13.0 Å². The Balaban J connectivity index is 2.58. The number of hydrogen-bond donors (Lipinski definition) is 1. The molecule has 100 valence electrons. The summed E-state index contributed by atoms with van der Waals surface area (Å²) < 4.78 is 0. The number of hydrogen-bond acceptors (Lipinski definition) is 3. The monoisotopic (exact) mass is 249 g/mol. The number of aliphatic hydroxyl groups is 1. The van der Waals surface area contributed by atoms with Crippen molar-refractivity contribution in [2.24, 2.45) is 5.92 Å². The first-order valence-corrected chi connectivity index (χ1v) is 6.61. The maximum atomic E-state index is 12.2. The van der Waals surface area contributed by atoms with E-state index in [2.05, 4.69) is 11.8 Å². The van der Waals surface area contributed by atoms with Crippen LogP contribution in [0.25, 0.3) is 0 Å². The van der Waals surface area contributed by atoms with Crippen molar-refractivity contribution in [3.8, 4) is 0 Å². The molecule has 0 amide bonds. The van der Waals surface area contributed by atoms with E-state index in [9.17, 15) is 4.79 Å². The highest BCUT2D eigenvalue weighted by Gasteiger charge is 2.17. The highest BCUT2D eigenvalue weighted by atomic mass is 16.3. The van der Waals surface area contributed by atoms with Crippen LogP contribution in [0.5, 0.6) is 0 Å². The molecule has 0 aliphatic carbocycles. The molecule has 0 fully saturated rings. The summed E-state index contributed by atoms with van der Waals surface area (Å²) in [5.41, 5.74) is 0.769. The predicted octanol–water partition coefficient (Wildman–Crippen LogP) is 2.21.